The zero-order chi connectivity index (χ0) is 21.8. The molecular weight excluding hydrogens is 392 g/mol. The molecule has 2 aromatic rings. The fourth-order valence-corrected chi connectivity index (χ4v) is 4.51. The molecular formula is C25H30N2O4. The highest BCUT2D eigenvalue weighted by Crippen LogP contribution is 2.37. The molecule has 0 bridgehead atoms. The van der Waals surface area contributed by atoms with Gasteiger partial charge < -0.3 is 19.7 Å². The number of carbonyl (C=O) groups excluding carboxylic acids is 2. The lowest BCUT2D eigenvalue weighted by atomic mass is 9.97. The molecule has 1 aliphatic carbocycles. The van der Waals surface area contributed by atoms with Gasteiger partial charge in [-0.05, 0) is 67.5 Å². The number of methoxy groups -OCH3 is 1. The van der Waals surface area contributed by atoms with E-state index in [9.17, 15) is 9.59 Å². The summed E-state index contributed by atoms with van der Waals surface area (Å²) in [6, 6.07) is 13.5. The number of anilines is 1. The smallest absolute Gasteiger partial charge is 0.230 e. The molecule has 1 saturated carbocycles. The van der Waals surface area contributed by atoms with Gasteiger partial charge in [0.1, 0.15) is 0 Å². The SMILES string of the molecule is COc1ccc([C@@H]2CCN(Cc3ccc(NC(C)=O)cc3)C2=O)cc1OC1CCCC1. The summed E-state index contributed by atoms with van der Waals surface area (Å²) in [4.78, 5) is 26.2. The van der Waals surface area contributed by atoms with Crippen molar-refractivity contribution in [1.29, 1.82) is 0 Å². The molecule has 2 aromatic carbocycles. The van der Waals surface area contributed by atoms with Crippen molar-refractivity contribution in [2.24, 2.45) is 0 Å². The van der Waals surface area contributed by atoms with Crippen molar-refractivity contribution in [3.8, 4) is 11.5 Å². The first-order chi connectivity index (χ1) is 15.0. The molecule has 0 aromatic heterocycles. The zero-order valence-electron chi connectivity index (χ0n) is 18.2. The van der Waals surface area contributed by atoms with Gasteiger partial charge in [-0.2, -0.15) is 0 Å². The van der Waals surface area contributed by atoms with E-state index in [0.29, 0.717) is 6.54 Å². The summed E-state index contributed by atoms with van der Waals surface area (Å²) in [5, 5.41) is 2.76. The number of nitrogens with zero attached hydrogens (tertiary/aromatic N) is 1. The molecule has 6 nitrogen and oxygen atoms in total. The van der Waals surface area contributed by atoms with Crippen molar-refractivity contribution in [3.05, 3.63) is 53.6 Å². The Bertz CT molecular complexity index is 935. The van der Waals surface area contributed by atoms with Crippen LogP contribution in [0.3, 0.4) is 0 Å². The molecule has 2 amide bonds. The van der Waals surface area contributed by atoms with E-state index in [0.717, 1.165) is 54.1 Å². The number of ether oxygens (including phenoxy) is 2. The molecule has 0 unspecified atom stereocenters. The van der Waals surface area contributed by atoms with E-state index in [1.54, 1.807) is 7.11 Å². The third-order valence-corrected chi connectivity index (χ3v) is 6.13. The monoisotopic (exact) mass is 422 g/mol. The van der Waals surface area contributed by atoms with Gasteiger partial charge in [-0.3, -0.25) is 9.59 Å². The van der Waals surface area contributed by atoms with Gasteiger partial charge in [-0.1, -0.05) is 18.2 Å². The van der Waals surface area contributed by atoms with Gasteiger partial charge in [0.2, 0.25) is 11.8 Å². The van der Waals surface area contributed by atoms with E-state index in [-0.39, 0.29) is 23.8 Å². The van der Waals surface area contributed by atoms with Crippen LogP contribution in [0.1, 0.15) is 56.1 Å². The first kappa shape index (κ1) is 21.2. The minimum Gasteiger partial charge on any atom is -0.493 e. The predicted octanol–water partition coefficient (Wildman–Crippen LogP) is 4.49. The fraction of sp³-hybridized carbons (Fsp3) is 0.440. The van der Waals surface area contributed by atoms with Crippen LogP contribution in [0.2, 0.25) is 0 Å². The van der Waals surface area contributed by atoms with Crippen molar-refractivity contribution < 1.29 is 19.1 Å². The second-order valence-electron chi connectivity index (χ2n) is 8.41. The first-order valence-corrected chi connectivity index (χ1v) is 11.0. The number of nitrogens with one attached hydrogen (secondary N) is 1. The van der Waals surface area contributed by atoms with E-state index in [2.05, 4.69) is 5.32 Å². The van der Waals surface area contributed by atoms with Crippen LogP contribution < -0.4 is 14.8 Å². The van der Waals surface area contributed by atoms with E-state index in [1.165, 1.54) is 19.8 Å². The van der Waals surface area contributed by atoms with E-state index >= 15 is 0 Å². The summed E-state index contributed by atoms with van der Waals surface area (Å²) in [7, 11) is 1.65. The van der Waals surface area contributed by atoms with Crippen LogP contribution in [0.4, 0.5) is 5.69 Å². The molecule has 1 saturated heterocycles. The number of amides is 2. The quantitative estimate of drug-likeness (QED) is 0.714. The van der Waals surface area contributed by atoms with Crippen molar-refractivity contribution >= 4 is 17.5 Å². The van der Waals surface area contributed by atoms with Crippen molar-refractivity contribution in [3.63, 3.8) is 0 Å². The maximum Gasteiger partial charge on any atom is 0.230 e. The highest BCUT2D eigenvalue weighted by atomic mass is 16.5. The van der Waals surface area contributed by atoms with Crippen LogP contribution in [0, 0.1) is 0 Å². The molecule has 6 heteroatoms. The number of hydrogen-bond acceptors (Lipinski definition) is 4. The standard InChI is InChI=1S/C25H30N2O4/c1-17(28)26-20-10-7-18(8-11-20)16-27-14-13-22(25(27)29)19-9-12-23(30-2)24(15-19)31-21-5-3-4-6-21/h7-12,15,21-22H,3-6,13-14,16H2,1-2H3,(H,26,28)/t22-/m0/s1. The van der Waals surface area contributed by atoms with Gasteiger partial charge in [0, 0.05) is 25.7 Å². The van der Waals surface area contributed by atoms with Crippen LogP contribution in [-0.4, -0.2) is 36.5 Å². The number of carbonyl (C=O) groups is 2. The Morgan fingerprint density at radius 2 is 1.81 bits per heavy atom. The third kappa shape index (κ3) is 5.01. The molecule has 1 aliphatic heterocycles. The largest absolute Gasteiger partial charge is 0.493 e. The minimum atomic E-state index is -0.157. The third-order valence-electron chi connectivity index (χ3n) is 6.13. The molecule has 4 rings (SSSR count). The van der Waals surface area contributed by atoms with Gasteiger partial charge in [-0.15, -0.1) is 0 Å². The summed E-state index contributed by atoms with van der Waals surface area (Å²) in [5.74, 6) is 1.35. The van der Waals surface area contributed by atoms with Crippen LogP contribution in [0.25, 0.3) is 0 Å². The Kier molecular flexibility index (Phi) is 6.44. The number of rotatable bonds is 7. The molecule has 1 N–H and O–H groups in total. The maximum atomic E-state index is 13.1. The van der Waals surface area contributed by atoms with Crippen molar-refractivity contribution in [1.82, 2.24) is 4.90 Å². The minimum absolute atomic E-state index is 0.0962. The van der Waals surface area contributed by atoms with E-state index in [1.807, 2.05) is 47.4 Å². The highest BCUT2D eigenvalue weighted by Gasteiger charge is 2.33. The molecule has 31 heavy (non-hydrogen) atoms. The normalized spacial score (nSPS) is 19.0. The van der Waals surface area contributed by atoms with Gasteiger partial charge >= 0.3 is 0 Å². The highest BCUT2D eigenvalue weighted by molar-refractivity contribution is 5.88. The molecule has 0 spiro atoms. The van der Waals surface area contributed by atoms with Gasteiger partial charge in [0.15, 0.2) is 11.5 Å². The Hall–Kier alpha value is -3.02. The molecule has 164 valence electrons. The van der Waals surface area contributed by atoms with Crippen LogP contribution in [0.5, 0.6) is 11.5 Å². The molecule has 1 atom stereocenters. The van der Waals surface area contributed by atoms with Crippen molar-refractivity contribution in [2.45, 2.75) is 57.6 Å². The summed E-state index contributed by atoms with van der Waals surface area (Å²) >= 11 is 0. The lowest BCUT2D eigenvalue weighted by Gasteiger charge is -2.19. The second kappa shape index (κ2) is 9.41. The molecule has 1 heterocycles. The maximum absolute atomic E-state index is 13.1. The summed E-state index contributed by atoms with van der Waals surface area (Å²) in [5.41, 5.74) is 2.79. The topological polar surface area (TPSA) is 67.9 Å². The average molecular weight is 423 g/mol. The number of likely N-dealkylation sites (tertiary alicyclic amines) is 1. The van der Waals surface area contributed by atoms with Crippen LogP contribution in [-0.2, 0) is 16.1 Å². The van der Waals surface area contributed by atoms with Crippen molar-refractivity contribution in [2.75, 3.05) is 19.0 Å². The second-order valence-corrected chi connectivity index (χ2v) is 8.41. The number of hydrogen-bond donors (Lipinski definition) is 1. The van der Waals surface area contributed by atoms with E-state index in [4.69, 9.17) is 9.47 Å². The molecule has 2 aliphatic rings. The van der Waals surface area contributed by atoms with E-state index < -0.39 is 0 Å². The van der Waals surface area contributed by atoms with Crippen LogP contribution >= 0.6 is 0 Å². The Balaban J connectivity index is 1.44. The lowest BCUT2D eigenvalue weighted by molar-refractivity contribution is -0.129. The molecule has 0 radical (unpaired) electrons. The first-order valence-electron chi connectivity index (χ1n) is 11.0. The zero-order valence-corrected chi connectivity index (χ0v) is 18.2. The lowest BCUT2D eigenvalue weighted by Crippen LogP contribution is -2.26. The summed E-state index contributed by atoms with van der Waals surface area (Å²) < 4.78 is 11.7. The number of benzene rings is 2. The average Bonchev–Trinajstić information content (AvgIpc) is 3.39. The van der Waals surface area contributed by atoms with Gasteiger partial charge in [0.05, 0.1) is 19.1 Å². The Morgan fingerprint density at radius 3 is 2.48 bits per heavy atom. The Morgan fingerprint density at radius 1 is 1.06 bits per heavy atom. The summed E-state index contributed by atoms with van der Waals surface area (Å²) in [6.45, 7) is 2.78. The predicted molar refractivity (Wildman–Crippen MR) is 119 cm³/mol. The summed E-state index contributed by atoms with van der Waals surface area (Å²) in [6.07, 6.45) is 5.58. The van der Waals surface area contributed by atoms with Crippen LogP contribution in [0.15, 0.2) is 42.5 Å². The van der Waals surface area contributed by atoms with Gasteiger partial charge in [0.25, 0.3) is 0 Å². The fourth-order valence-electron chi connectivity index (χ4n) is 4.51. The molecule has 2 fully saturated rings. The van der Waals surface area contributed by atoms with Gasteiger partial charge in [-0.25, -0.2) is 0 Å². The Labute approximate surface area is 183 Å².